The summed E-state index contributed by atoms with van der Waals surface area (Å²) in [5.41, 5.74) is 4.11. The highest BCUT2D eigenvalue weighted by atomic mass is 32.2. The van der Waals surface area contributed by atoms with Gasteiger partial charge in [0, 0.05) is 11.0 Å². The molecule has 0 bridgehead atoms. The van der Waals surface area contributed by atoms with Crippen molar-refractivity contribution in [2.45, 2.75) is 31.8 Å². The van der Waals surface area contributed by atoms with Crippen LogP contribution in [0.25, 0.3) is 0 Å². The van der Waals surface area contributed by atoms with E-state index >= 15 is 0 Å². The second-order valence-electron chi connectivity index (χ2n) is 3.67. The minimum Gasteiger partial charge on any atom is -0.395 e. The number of benzene rings is 1. The van der Waals surface area contributed by atoms with Gasteiger partial charge in [-0.2, -0.15) is 11.8 Å². The van der Waals surface area contributed by atoms with Gasteiger partial charge in [0.2, 0.25) is 0 Å². The molecule has 1 unspecified atom stereocenters. The van der Waals surface area contributed by atoms with Crippen LogP contribution in [0.4, 0.5) is 0 Å². The minimum absolute atomic E-state index is 0.260. The third kappa shape index (κ3) is 3.03. The monoisotopic (exact) mass is 210 g/mol. The van der Waals surface area contributed by atoms with E-state index in [1.54, 1.807) is 0 Å². The SMILES string of the molecule is Cc1cccc(C)c1CSC(C)CO. The number of aliphatic hydroxyl groups excluding tert-OH is 1. The number of thioether (sulfide) groups is 1. The van der Waals surface area contributed by atoms with Crippen molar-refractivity contribution in [1.82, 2.24) is 0 Å². The van der Waals surface area contributed by atoms with Gasteiger partial charge in [0.1, 0.15) is 0 Å². The molecule has 0 aliphatic rings. The molecule has 0 fully saturated rings. The van der Waals surface area contributed by atoms with Crippen molar-refractivity contribution in [3.8, 4) is 0 Å². The van der Waals surface area contributed by atoms with Gasteiger partial charge in [0.15, 0.2) is 0 Å². The van der Waals surface area contributed by atoms with Crippen molar-refractivity contribution in [3.63, 3.8) is 0 Å². The second-order valence-corrected chi connectivity index (χ2v) is 5.10. The van der Waals surface area contributed by atoms with Crippen LogP contribution in [0.5, 0.6) is 0 Å². The van der Waals surface area contributed by atoms with Crippen LogP contribution in [0.2, 0.25) is 0 Å². The molecule has 0 saturated carbocycles. The molecule has 0 aliphatic heterocycles. The first-order valence-electron chi connectivity index (χ1n) is 4.92. The summed E-state index contributed by atoms with van der Waals surface area (Å²) in [5, 5.41) is 9.26. The maximum absolute atomic E-state index is 8.93. The summed E-state index contributed by atoms with van der Waals surface area (Å²) >= 11 is 1.81. The molecule has 0 aromatic heterocycles. The van der Waals surface area contributed by atoms with Crippen LogP contribution in [-0.4, -0.2) is 17.0 Å². The van der Waals surface area contributed by atoms with E-state index in [1.807, 2.05) is 11.8 Å². The Labute approximate surface area is 90.5 Å². The van der Waals surface area contributed by atoms with E-state index in [9.17, 15) is 0 Å². The Morgan fingerprint density at radius 3 is 2.36 bits per heavy atom. The number of hydrogen-bond acceptors (Lipinski definition) is 2. The fourth-order valence-electron chi connectivity index (χ4n) is 1.35. The Bertz CT molecular complexity index is 276. The maximum atomic E-state index is 8.93. The topological polar surface area (TPSA) is 20.2 Å². The first-order chi connectivity index (χ1) is 6.65. The van der Waals surface area contributed by atoms with E-state index in [0.717, 1.165) is 5.75 Å². The molecule has 0 saturated heterocycles. The third-order valence-corrected chi connectivity index (χ3v) is 3.59. The Morgan fingerprint density at radius 2 is 1.86 bits per heavy atom. The lowest BCUT2D eigenvalue weighted by molar-refractivity contribution is 0.300. The quantitative estimate of drug-likeness (QED) is 0.824. The van der Waals surface area contributed by atoms with E-state index in [2.05, 4.69) is 39.0 Å². The predicted octanol–water partition coefficient (Wildman–Crippen LogP) is 2.92. The van der Waals surface area contributed by atoms with Crippen LogP contribution in [0, 0.1) is 13.8 Å². The zero-order chi connectivity index (χ0) is 10.6. The summed E-state index contributed by atoms with van der Waals surface area (Å²) in [5.74, 6) is 1.00. The maximum Gasteiger partial charge on any atom is 0.0547 e. The number of hydrogen-bond donors (Lipinski definition) is 1. The van der Waals surface area contributed by atoms with Crippen molar-refractivity contribution < 1.29 is 5.11 Å². The zero-order valence-electron chi connectivity index (χ0n) is 9.08. The van der Waals surface area contributed by atoms with Crippen molar-refractivity contribution in [3.05, 3.63) is 34.9 Å². The van der Waals surface area contributed by atoms with Gasteiger partial charge in [0.25, 0.3) is 0 Å². The van der Waals surface area contributed by atoms with Gasteiger partial charge >= 0.3 is 0 Å². The van der Waals surface area contributed by atoms with Gasteiger partial charge in [-0.15, -0.1) is 0 Å². The second kappa shape index (κ2) is 5.42. The summed E-state index contributed by atoms with van der Waals surface area (Å²) < 4.78 is 0. The molecule has 1 rings (SSSR count). The first-order valence-corrected chi connectivity index (χ1v) is 5.97. The predicted molar refractivity (Wildman–Crippen MR) is 63.8 cm³/mol. The van der Waals surface area contributed by atoms with E-state index < -0.39 is 0 Å². The van der Waals surface area contributed by atoms with Gasteiger partial charge < -0.3 is 5.11 Å². The van der Waals surface area contributed by atoms with E-state index in [4.69, 9.17) is 5.11 Å². The van der Waals surface area contributed by atoms with Crippen LogP contribution in [0.3, 0.4) is 0 Å². The molecular formula is C12H18OS. The fraction of sp³-hybridized carbons (Fsp3) is 0.500. The van der Waals surface area contributed by atoms with Gasteiger partial charge in [-0.1, -0.05) is 25.1 Å². The third-order valence-electron chi connectivity index (χ3n) is 2.41. The van der Waals surface area contributed by atoms with Gasteiger partial charge in [0.05, 0.1) is 6.61 Å². The lowest BCUT2D eigenvalue weighted by Crippen LogP contribution is -2.03. The van der Waals surface area contributed by atoms with E-state index in [1.165, 1.54) is 16.7 Å². The molecule has 1 N–H and O–H groups in total. The summed E-state index contributed by atoms with van der Waals surface area (Å²) in [6, 6.07) is 6.38. The molecule has 1 atom stereocenters. The zero-order valence-corrected chi connectivity index (χ0v) is 9.90. The lowest BCUT2D eigenvalue weighted by Gasteiger charge is -2.11. The molecule has 2 heteroatoms. The molecule has 1 aromatic carbocycles. The normalized spacial score (nSPS) is 12.9. The number of rotatable bonds is 4. The number of aryl methyl sites for hydroxylation is 2. The Kier molecular flexibility index (Phi) is 4.49. The lowest BCUT2D eigenvalue weighted by atomic mass is 10.1. The van der Waals surface area contributed by atoms with Crippen molar-refractivity contribution >= 4 is 11.8 Å². The van der Waals surface area contributed by atoms with E-state index in [-0.39, 0.29) is 6.61 Å². The Balaban J connectivity index is 2.66. The molecule has 0 heterocycles. The van der Waals surface area contributed by atoms with E-state index in [0.29, 0.717) is 5.25 Å². The van der Waals surface area contributed by atoms with Crippen LogP contribution in [0.1, 0.15) is 23.6 Å². The Hall–Kier alpha value is -0.470. The average Bonchev–Trinajstić information content (AvgIpc) is 2.16. The van der Waals surface area contributed by atoms with Gasteiger partial charge in [-0.3, -0.25) is 0 Å². The van der Waals surface area contributed by atoms with Crippen molar-refractivity contribution in [2.24, 2.45) is 0 Å². The summed E-state index contributed by atoms with van der Waals surface area (Å²) in [6.45, 7) is 6.60. The molecule has 0 radical (unpaired) electrons. The Morgan fingerprint density at radius 1 is 1.29 bits per heavy atom. The number of aliphatic hydroxyl groups is 1. The molecule has 78 valence electrons. The average molecular weight is 210 g/mol. The largest absolute Gasteiger partial charge is 0.395 e. The molecule has 1 aromatic rings. The van der Waals surface area contributed by atoms with Crippen molar-refractivity contribution in [1.29, 1.82) is 0 Å². The van der Waals surface area contributed by atoms with Crippen molar-refractivity contribution in [2.75, 3.05) is 6.61 Å². The summed E-state index contributed by atoms with van der Waals surface area (Å²) in [4.78, 5) is 0. The molecule has 1 nitrogen and oxygen atoms in total. The minimum atomic E-state index is 0.260. The fourth-order valence-corrected chi connectivity index (χ4v) is 2.37. The molecule has 0 amide bonds. The smallest absolute Gasteiger partial charge is 0.0547 e. The van der Waals surface area contributed by atoms with Crippen LogP contribution >= 0.6 is 11.8 Å². The van der Waals surface area contributed by atoms with Gasteiger partial charge in [-0.05, 0) is 30.5 Å². The molecule has 14 heavy (non-hydrogen) atoms. The molecule has 0 aliphatic carbocycles. The summed E-state index contributed by atoms with van der Waals surface area (Å²) in [6.07, 6.45) is 0. The highest BCUT2D eigenvalue weighted by Gasteiger charge is 2.05. The van der Waals surface area contributed by atoms with Crippen LogP contribution in [0.15, 0.2) is 18.2 Å². The van der Waals surface area contributed by atoms with Crippen LogP contribution < -0.4 is 0 Å². The summed E-state index contributed by atoms with van der Waals surface area (Å²) in [7, 11) is 0. The van der Waals surface area contributed by atoms with Crippen LogP contribution in [-0.2, 0) is 5.75 Å². The highest BCUT2D eigenvalue weighted by Crippen LogP contribution is 2.22. The molecule has 0 spiro atoms. The highest BCUT2D eigenvalue weighted by molar-refractivity contribution is 7.99. The van der Waals surface area contributed by atoms with Gasteiger partial charge in [-0.25, -0.2) is 0 Å². The first kappa shape index (κ1) is 11.6. The standard InChI is InChI=1S/C12H18OS/c1-9-5-4-6-10(2)12(9)8-14-11(3)7-13/h4-6,11,13H,7-8H2,1-3H3. The molecular weight excluding hydrogens is 192 g/mol.